The third-order valence-corrected chi connectivity index (χ3v) is 12.4. The van der Waals surface area contributed by atoms with E-state index in [4.69, 9.17) is 24.3 Å². The van der Waals surface area contributed by atoms with Gasteiger partial charge >= 0.3 is 19.8 Å². The van der Waals surface area contributed by atoms with E-state index >= 15 is 0 Å². The Balaban J connectivity index is 4.04. The van der Waals surface area contributed by atoms with Gasteiger partial charge in [-0.3, -0.25) is 18.6 Å². The highest BCUT2D eigenvalue weighted by Crippen LogP contribution is 2.43. The van der Waals surface area contributed by atoms with Gasteiger partial charge in [0.1, 0.15) is 6.61 Å². The van der Waals surface area contributed by atoms with Crippen molar-refractivity contribution < 1.29 is 37.6 Å². The van der Waals surface area contributed by atoms with Crippen LogP contribution in [-0.2, 0) is 32.7 Å². The molecule has 0 aliphatic rings. The molecule has 0 aliphatic heterocycles. The summed E-state index contributed by atoms with van der Waals surface area (Å²) in [6.07, 6.45) is 85.8. The van der Waals surface area contributed by atoms with Gasteiger partial charge in [0.25, 0.3) is 0 Å². The van der Waals surface area contributed by atoms with Gasteiger partial charge in [-0.2, -0.15) is 0 Å². The first-order valence-corrected chi connectivity index (χ1v) is 30.5. The van der Waals surface area contributed by atoms with Crippen molar-refractivity contribution in [3.8, 4) is 0 Å². The number of esters is 2. The first-order valence-electron chi connectivity index (χ1n) is 29.0. The Labute approximate surface area is 458 Å². The maximum absolute atomic E-state index is 12.7. The molecule has 0 aliphatic carbocycles. The number of phosphoric ester groups is 1. The monoisotopic (exact) mass is 1060 g/mol. The summed E-state index contributed by atoms with van der Waals surface area (Å²) in [7, 11) is -4.41. The van der Waals surface area contributed by atoms with Crippen LogP contribution in [0.4, 0.5) is 0 Å². The van der Waals surface area contributed by atoms with Crippen LogP contribution in [0.2, 0.25) is 0 Å². The van der Waals surface area contributed by atoms with Crippen LogP contribution in [0.1, 0.15) is 206 Å². The summed E-state index contributed by atoms with van der Waals surface area (Å²) < 4.78 is 33.0. The Kier molecular flexibility index (Phi) is 55.5. The van der Waals surface area contributed by atoms with E-state index in [1.807, 2.05) is 0 Å². The lowest BCUT2D eigenvalue weighted by Gasteiger charge is -2.19. The second kappa shape index (κ2) is 58.9. The normalized spacial score (nSPS) is 14.2. The van der Waals surface area contributed by atoms with E-state index in [2.05, 4.69) is 172 Å². The fourth-order valence-electron chi connectivity index (χ4n) is 7.21. The highest BCUT2D eigenvalue weighted by molar-refractivity contribution is 7.47. The van der Waals surface area contributed by atoms with Crippen molar-refractivity contribution >= 4 is 19.8 Å². The molecule has 0 saturated carbocycles. The lowest BCUT2D eigenvalue weighted by Crippen LogP contribution is -2.29. The van der Waals surface area contributed by atoms with Crippen molar-refractivity contribution in [2.24, 2.45) is 5.73 Å². The molecule has 0 spiro atoms. The zero-order valence-corrected chi connectivity index (χ0v) is 47.9. The molecule has 0 aromatic heterocycles. The molecule has 2 unspecified atom stereocenters. The molecule has 0 fully saturated rings. The minimum Gasteiger partial charge on any atom is -0.462 e. The van der Waals surface area contributed by atoms with Gasteiger partial charge < -0.3 is 20.1 Å². The third-order valence-electron chi connectivity index (χ3n) is 11.4. The van der Waals surface area contributed by atoms with Crippen molar-refractivity contribution in [2.45, 2.75) is 213 Å². The molecule has 0 rings (SSSR count). The Morgan fingerprint density at radius 2 is 0.693 bits per heavy atom. The number of unbranched alkanes of at least 4 members (excludes halogenated alkanes) is 13. The van der Waals surface area contributed by atoms with Crippen molar-refractivity contribution in [1.82, 2.24) is 0 Å². The Morgan fingerprint density at radius 3 is 1.03 bits per heavy atom. The van der Waals surface area contributed by atoms with Gasteiger partial charge in [-0.15, -0.1) is 0 Å². The number of ether oxygens (including phenoxy) is 2. The van der Waals surface area contributed by atoms with Gasteiger partial charge in [0.05, 0.1) is 13.2 Å². The standard InChI is InChI=1S/C65H104NO8P/c1-3-5-7-9-11-13-15-17-19-21-22-23-24-25-26-27-28-29-30-31-32-33-34-35-36-37-38-39-40-42-44-46-48-50-52-54-56-58-65(68)74-63(62-73-75(69,70)72-60-59-66)61-71-64(67)57-55-53-51-49-47-45-43-41-20-18-16-14-12-10-8-6-4-2/h5-8,11-14,17-20,22-23,25-26,28-29,31-32,34-35,37-38,43,45,63H,3-4,9-10,15-16,21,24,27,30,33,36,39-42,44,46-62,66H2,1-2H3,(H,69,70)/b7-5-,8-6-,13-11-,14-12-,19-17-,20-18-,23-22-,26-25-,29-28-,32-31-,35-34-,38-37-,45-43-. The number of phosphoric acid groups is 1. The first-order chi connectivity index (χ1) is 36.8. The van der Waals surface area contributed by atoms with E-state index in [1.165, 1.54) is 32.1 Å². The second-order valence-corrected chi connectivity index (χ2v) is 19.8. The summed E-state index contributed by atoms with van der Waals surface area (Å²) in [5.41, 5.74) is 5.37. The molecule has 9 nitrogen and oxygen atoms in total. The van der Waals surface area contributed by atoms with Gasteiger partial charge in [0.2, 0.25) is 0 Å². The van der Waals surface area contributed by atoms with Crippen LogP contribution in [0, 0.1) is 0 Å². The number of hydrogen-bond acceptors (Lipinski definition) is 8. The van der Waals surface area contributed by atoms with Crippen LogP contribution >= 0.6 is 7.82 Å². The number of nitrogens with two attached hydrogens (primary N) is 1. The number of carbonyl (C=O) groups excluding carboxylic acids is 2. The fraction of sp³-hybridized carbons (Fsp3) is 0.569. The molecule has 0 amide bonds. The van der Waals surface area contributed by atoms with Crippen molar-refractivity contribution in [1.29, 1.82) is 0 Å². The summed E-state index contributed by atoms with van der Waals surface area (Å²) in [6, 6.07) is 0. The molecule has 0 bridgehead atoms. The lowest BCUT2D eigenvalue weighted by molar-refractivity contribution is -0.161. The number of hydrogen-bond donors (Lipinski definition) is 2. The van der Waals surface area contributed by atoms with Crippen LogP contribution in [-0.4, -0.2) is 49.3 Å². The summed E-state index contributed by atoms with van der Waals surface area (Å²) in [4.78, 5) is 35.1. The topological polar surface area (TPSA) is 134 Å². The molecule has 75 heavy (non-hydrogen) atoms. The van der Waals surface area contributed by atoms with Crippen LogP contribution in [0.25, 0.3) is 0 Å². The molecular formula is C65H104NO8P. The molecule has 0 heterocycles. The van der Waals surface area contributed by atoms with Crippen LogP contribution < -0.4 is 5.73 Å². The maximum atomic E-state index is 12.7. The molecule has 0 aromatic carbocycles. The second-order valence-electron chi connectivity index (χ2n) is 18.4. The number of rotatable bonds is 52. The highest BCUT2D eigenvalue weighted by atomic mass is 31.2. The lowest BCUT2D eigenvalue weighted by atomic mass is 10.1. The Morgan fingerprint density at radius 1 is 0.400 bits per heavy atom. The van der Waals surface area contributed by atoms with Gasteiger partial charge in [-0.1, -0.05) is 230 Å². The summed E-state index contributed by atoms with van der Waals surface area (Å²) in [6.45, 7) is 3.45. The van der Waals surface area contributed by atoms with Crippen LogP contribution in [0.3, 0.4) is 0 Å². The van der Waals surface area contributed by atoms with Gasteiger partial charge in [-0.05, 0) is 122 Å². The Hall–Kier alpha value is -4.37. The minimum absolute atomic E-state index is 0.0402. The minimum atomic E-state index is -4.41. The molecule has 422 valence electrons. The summed E-state index contributed by atoms with van der Waals surface area (Å²) >= 11 is 0. The van der Waals surface area contributed by atoms with Gasteiger partial charge in [0, 0.05) is 19.4 Å². The van der Waals surface area contributed by atoms with E-state index in [9.17, 15) is 19.0 Å². The van der Waals surface area contributed by atoms with Crippen LogP contribution in [0.5, 0.6) is 0 Å². The average Bonchev–Trinajstić information content (AvgIpc) is 3.40. The molecule has 3 N–H and O–H groups in total. The van der Waals surface area contributed by atoms with E-state index in [1.54, 1.807) is 0 Å². The number of carbonyl (C=O) groups is 2. The van der Waals surface area contributed by atoms with Gasteiger partial charge in [0.15, 0.2) is 6.10 Å². The molecular weight excluding hydrogens is 954 g/mol. The smallest absolute Gasteiger partial charge is 0.462 e. The first kappa shape index (κ1) is 70.6. The van der Waals surface area contributed by atoms with Crippen molar-refractivity contribution in [2.75, 3.05) is 26.4 Å². The zero-order chi connectivity index (χ0) is 54.5. The van der Waals surface area contributed by atoms with Crippen molar-refractivity contribution in [3.05, 3.63) is 158 Å². The summed E-state index contributed by atoms with van der Waals surface area (Å²) in [5.74, 6) is -0.875. The van der Waals surface area contributed by atoms with Crippen molar-refractivity contribution in [3.63, 3.8) is 0 Å². The fourth-order valence-corrected chi connectivity index (χ4v) is 7.97. The van der Waals surface area contributed by atoms with E-state index < -0.39 is 32.5 Å². The molecule has 0 aromatic rings. The SMILES string of the molecule is CC/C=C\C/C=C\C/C=C\C/C=C\C/C=C\C/C=C\C/C=C\C/C=C\C/C=C\CCCCCCCCCCCC(=O)OC(COC(=O)CCCCCC/C=C\C/C=C\C/C=C\C/C=C\CC)COP(=O)(O)OCCN. The quantitative estimate of drug-likeness (QED) is 0.0264. The maximum Gasteiger partial charge on any atom is 0.472 e. The molecule has 2 atom stereocenters. The largest absolute Gasteiger partial charge is 0.472 e. The Bertz CT molecular complexity index is 1780. The average molecular weight is 1060 g/mol. The van der Waals surface area contributed by atoms with Gasteiger partial charge in [-0.25, -0.2) is 4.57 Å². The predicted octanol–water partition coefficient (Wildman–Crippen LogP) is 18.5. The van der Waals surface area contributed by atoms with E-state index in [0.29, 0.717) is 12.8 Å². The number of allylic oxidation sites excluding steroid dienone is 26. The van der Waals surface area contributed by atoms with Crippen LogP contribution in [0.15, 0.2) is 158 Å². The molecule has 0 radical (unpaired) electrons. The highest BCUT2D eigenvalue weighted by Gasteiger charge is 2.26. The van der Waals surface area contributed by atoms with E-state index in [0.717, 1.165) is 135 Å². The predicted molar refractivity (Wildman–Crippen MR) is 320 cm³/mol. The molecule has 0 saturated heterocycles. The third kappa shape index (κ3) is 58.7. The van der Waals surface area contributed by atoms with E-state index in [-0.39, 0.29) is 32.6 Å². The summed E-state index contributed by atoms with van der Waals surface area (Å²) in [5, 5.41) is 0. The molecule has 10 heteroatoms. The zero-order valence-electron chi connectivity index (χ0n) is 47.0.